The third-order valence-corrected chi connectivity index (χ3v) is 3.05. The predicted octanol–water partition coefficient (Wildman–Crippen LogP) is 0.915. The molecule has 0 unspecified atom stereocenters. The molecule has 2 fully saturated rings. The highest BCUT2D eigenvalue weighted by atomic mass is 16.2. The van der Waals surface area contributed by atoms with Gasteiger partial charge in [0.15, 0.2) is 0 Å². The molecular weight excluding hydrogens is 190 g/mol. The Kier molecular flexibility index (Phi) is 3.26. The zero-order chi connectivity index (χ0) is 10.7. The van der Waals surface area contributed by atoms with Gasteiger partial charge in [-0.2, -0.15) is 0 Å². The van der Waals surface area contributed by atoms with Crippen LogP contribution in [0.1, 0.15) is 19.8 Å². The molecule has 1 aliphatic heterocycles. The van der Waals surface area contributed by atoms with Gasteiger partial charge in [0, 0.05) is 32.4 Å². The molecule has 0 bridgehead atoms. The molecule has 2 aliphatic rings. The number of rotatable bonds is 2. The van der Waals surface area contributed by atoms with Crippen LogP contribution >= 0.6 is 0 Å². The molecule has 0 aromatic carbocycles. The van der Waals surface area contributed by atoms with Crippen molar-refractivity contribution in [1.82, 2.24) is 15.5 Å². The first-order valence-electron chi connectivity index (χ1n) is 5.70. The molecule has 2 N–H and O–H groups in total. The normalized spacial score (nSPS) is 22.7. The van der Waals surface area contributed by atoms with Crippen LogP contribution in [0, 0.1) is 5.92 Å². The first-order valence-corrected chi connectivity index (χ1v) is 5.70. The Morgan fingerprint density at radius 3 is 2.67 bits per heavy atom. The van der Waals surface area contributed by atoms with Crippen LogP contribution in [0.15, 0.2) is 11.8 Å². The Balaban J connectivity index is 1.77. The number of carbonyl (C=O) groups is 1. The van der Waals surface area contributed by atoms with Crippen molar-refractivity contribution < 1.29 is 4.79 Å². The number of allylic oxidation sites excluding steroid dienone is 1. The Labute approximate surface area is 90.7 Å². The average molecular weight is 209 g/mol. The summed E-state index contributed by atoms with van der Waals surface area (Å²) in [5, 5.41) is 6.10. The van der Waals surface area contributed by atoms with E-state index in [4.69, 9.17) is 0 Å². The van der Waals surface area contributed by atoms with Crippen molar-refractivity contribution in [3.63, 3.8) is 0 Å². The van der Waals surface area contributed by atoms with Crippen molar-refractivity contribution >= 4 is 6.03 Å². The maximum atomic E-state index is 11.7. The summed E-state index contributed by atoms with van der Waals surface area (Å²) in [6.45, 7) is 5.51. The van der Waals surface area contributed by atoms with Gasteiger partial charge >= 0.3 is 6.03 Å². The van der Waals surface area contributed by atoms with Gasteiger partial charge in [-0.25, -0.2) is 4.79 Å². The highest BCUT2D eigenvalue weighted by Gasteiger charge is 2.23. The third-order valence-electron chi connectivity index (χ3n) is 3.05. The maximum Gasteiger partial charge on any atom is 0.321 e. The quantitative estimate of drug-likeness (QED) is 0.710. The summed E-state index contributed by atoms with van der Waals surface area (Å²) < 4.78 is 0. The number of urea groups is 1. The summed E-state index contributed by atoms with van der Waals surface area (Å²) in [7, 11) is 0. The Morgan fingerprint density at radius 2 is 2.07 bits per heavy atom. The van der Waals surface area contributed by atoms with Crippen LogP contribution in [0.3, 0.4) is 0 Å². The van der Waals surface area contributed by atoms with E-state index in [9.17, 15) is 4.79 Å². The second-order valence-corrected chi connectivity index (χ2v) is 4.35. The van der Waals surface area contributed by atoms with Gasteiger partial charge in [-0.1, -0.05) is 5.57 Å². The minimum Gasteiger partial charge on any atom is -0.322 e. The van der Waals surface area contributed by atoms with E-state index in [0.29, 0.717) is 0 Å². The average Bonchev–Trinajstić information content (AvgIpc) is 3.10. The summed E-state index contributed by atoms with van der Waals surface area (Å²) in [6.07, 6.45) is 4.44. The number of piperazine rings is 1. The lowest BCUT2D eigenvalue weighted by molar-refractivity contribution is 0.194. The lowest BCUT2D eigenvalue weighted by atomic mass is 10.2. The summed E-state index contributed by atoms with van der Waals surface area (Å²) in [4.78, 5) is 13.5. The van der Waals surface area contributed by atoms with E-state index in [0.717, 1.165) is 32.1 Å². The van der Waals surface area contributed by atoms with Gasteiger partial charge in [0.05, 0.1) is 0 Å². The van der Waals surface area contributed by atoms with Gasteiger partial charge in [0.25, 0.3) is 0 Å². The van der Waals surface area contributed by atoms with Gasteiger partial charge in [0.2, 0.25) is 0 Å². The van der Waals surface area contributed by atoms with Gasteiger partial charge in [0.1, 0.15) is 0 Å². The number of nitrogens with zero attached hydrogens (tertiary/aromatic N) is 1. The van der Waals surface area contributed by atoms with Crippen LogP contribution in [0.25, 0.3) is 0 Å². The van der Waals surface area contributed by atoms with Crippen LogP contribution < -0.4 is 10.6 Å². The van der Waals surface area contributed by atoms with Gasteiger partial charge in [-0.05, 0) is 25.7 Å². The fraction of sp³-hybridized carbons (Fsp3) is 0.727. The van der Waals surface area contributed by atoms with Crippen molar-refractivity contribution in [2.24, 2.45) is 5.92 Å². The van der Waals surface area contributed by atoms with E-state index >= 15 is 0 Å². The van der Waals surface area contributed by atoms with Crippen LogP contribution in [-0.2, 0) is 0 Å². The van der Waals surface area contributed by atoms with E-state index in [1.165, 1.54) is 18.4 Å². The van der Waals surface area contributed by atoms with Crippen LogP contribution in [0.2, 0.25) is 0 Å². The first kappa shape index (κ1) is 10.5. The predicted molar refractivity (Wildman–Crippen MR) is 59.5 cm³/mol. The summed E-state index contributed by atoms with van der Waals surface area (Å²) in [5.41, 5.74) is 1.30. The monoisotopic (exact) mass is 209 g/mol. The number of nitrogens with one attached hydrogen (secondary N) is 2. The molecule has 2 amide bonds. The second kappa shape index (κ2) is 4.66. The lowest BCUT2D eigenvalue weighted by Gasteiger charge is -2.26. The molecule has 0 radical (unpaired) electrons. The fourth-order valence-electron chi connectivity index (χ4n) is 1.79. The smallest absolute Gasteiger partial charge is 0.321 e. The number of hydrogen-bond acceptors (Lipinski definition) is 2. The molecule has 0 aromatic heterocycles. The molecule has 15 heavy (non-hydrogen) atoms. The van der Waals surface area contributed by atoms with Gasteiger partial charge in [-0.3, -0.25) is 0 Å². The van der Waals surface area contributed by atoms with Gasteiger partial charge < -0.3 is 15.5 Å². The molecule has 84 valence electrons. The van der Waals surface area contributed by atoms with Crippen LogP contribution in [0.5, 0.6) is 0 Å². The van der Waals surface area contributed by atoms with Crippen molar-refractivity contribution in [2.75, 3.05) is 26.2 Å². The van der Waals surface area contributed by atoms with Crippen molar-refractivity contribution in [3.05, 3.63) is 11.8 Å². The molecule has 4 nitrogen and oxygen atoms in total. The van der Waals surface area contributed by atoms with E-state index < -0.39 is 0 Å². The Morgan fingerprint density at radius 1 is 1.40 bits per heavy atom. The fourth-order valence-corrected chi connectivity index (χ4v) is 1.79. The van der Waals surface area contributed by atoms with E-state index in [2.05, 4.69) is 17.6 Å². The Hall–Kier alpha value is -1.03. The summed E-state index contributed by atoms with van der Waals surface area (Å²) in [6, 6.07) is 0.0384. The number of hydrogen-bond donors (Lipinski definition) is 2. The maximum absolute atomic E-state index is 11.7. The topological polar surface area (TPSA) is 44.4 Å². The van der Waals surface area contributed by atoms with Crippen LogP contribution in [0.4, 0.5) is 4.79 Å². The molecule has 0 atom stereocenters. The standard InChI is InChI=1S/C11H19N3O/c1-9(10-2-3-10)8-13-11(15)14-6-4-12-5-7-14/h8,10,12H,2-7H2,1H3,(H,13,15)/b9-8+. The SMILES string of the molecule is C/C(=C\NC(=O)N1CCNCC1)C1CC1. The van der Waals surface area contributed by atoms with E-state index in [1.54, 1.807) is 0 Å². The van der Waals surface area contributed by atoms with Crippen molar-refractivity contribution in [1.29, 1.82) is 0 Å². The highest BCUT2D eigenvalue weighted by molar-refractivity contribution is 5.75. The highest BCUT2D eigenvalue weighted by Crippen LogP contribution is 2.35. The summed E-state index contributed by atoms with van der Waals surface area (Å²) >= 11 is 0. The molecule has 2 rings (SSSR count). The molecule has 0 aromatic rings. The van der Waals surface area contributed by atoms with Crippen molar-refractivity contribution in [2.45, 2.75) is 19.8 Å². The second-order valence-electron chi connectivity index (χ2n) is 4.35. The Bertz CT molecular complexity index is 265. The lowest BCUT2D eigenvalue weighted by Crippen LogP contribution is -2.49. The minimum absolute atomic E-state index is 0.0384. The minimum atomic E-state index is 0.0384. The molecule has 1 saturated carbocycles. The van der Waals surface area contributed by atoms with Crippen molar-refractivity contribution in [3.8, 4) is 0 Å². The molecular formula is C11H19N3O. The zero-order valence-corrected chi connectivity index (χ0v) is 9.25. The van der Waals surface area contributed by atoms with Crippen LogP contribution in [-0.4, -0.2) is 37.1 Å². The number of carbonyl (C=O) groups excluding carboxylic acids is 1. The van der Waals surface area contributed by atoms with E-state index in [1.807, 2.05) is 11.1 Å². The molecule has 4 heteroatoms. The molecule has 0 spiro atoms. The first-order chi connectivity index (χ1) is 7.27. The van der Waals surface area contributed by atoms with Gasteiger partial charge in [-0.15, -0.1) is 0 Å². The molecule has 1 aliphatic carbocycles. The molecule has 1 heterocycles. The molecule has 1 saturated heterocycles. The number of amides is 2. The summed E-state index contributed by atoms with van der Waals surface area (Å²) in [5.74, 6) is 0.730. The van der Waals surface area contributed by atoms with E-state index in [-0.39, 0.29) is 6.03 Å². The zero-order valence-electron chi connectivity index (χ0n) is 9.25. The largest absolute Gasteiger partial charge is 0.322 e. The third kappa shape index (κ3) is 2.96.